The SMILES string of the molecule is FC(F)(F)c1ccc(C2(C(F)(F)F)c3ccccc3Oc3ccccc32)cc1. The lowest BCUT2D eigenvalue weighted by molar-refractivity contribution is -0.168. The molecular weight excluding hydrogens is 382 g/mol. The van der Waals surface area contributed by atoms with E-state index in [4.69, 9.17) is 4.74 Å². The average molecular weight is 394 g/mol. The van der Waals surface area contributed by atoms with Gasteiger partial charge in [-0.15, -0.1) is 0 Å². The van der Waals surface area contributed by atoms with Crippen molar-refractivity contribution < 1.29 is 31.1 Å². The first kappa shape index (κ1) is 18.4. The van der Waals surface area contributed by atoms with Gasteiger partial charge in [0, 0.05) is 11.1 Å². The lowest BCUT2D eigenvalue weighted by Crippen LogP contribution is -2.46. The Morgan fingerprint density at radius 1 is 0.607 bits per heavy atom. The molecule has 1 heterocycles. The molecule has 0 N–H and O–H groups in total. The van der Waals surface area contributed by atoms with E-state index in [1.165, 1.54) is 36.4 Å². The molecule has 28 heavy (non-hydrogen) atoms. The predicted molar refractivity (Wildman–Crippen MR) is 90.3 cm³/mol. The van der Waals surface area contributed by atoms with Crippen LogP contribution in [0.5, 0.6) is 11.5 Å². The summed E-state index contributed by atoms with van der Waals surface area (Å²) in [6, 6.07) is 14.5. The van der Waals surface area contributed by atoms with Gasteiger partial charge in [-0.3, -0.25) is 0 Å². The van der Waals surface area contributed by atoms with Gasteiger partial charge in [-0.05, 0) is 29.8 Å². The number of fused-ring (bicyclic) bond motifs is 2. The first-order valence-electron chi connectivity index (χ1n) is 8.27. The number of para-hydroxylation sites is 2. The Labute approximate surface area is 156 Å². The van der Waals surface area contributed by atoms with Gasteiger partial charge in [-0.25, -0.2) is 0 Å². The van der Waals surface area contributed by atoms with Crippen molar-refractivity contribution in [3.8, 4) is 11.5 Å². The molecular formula is C21H12F6O. The molecule has 0 aromatic heterocycles. The Bertz CT molecular complexity index is 973. The van der Waals surface area contributed by atoms with Crippen LogP contribution in [0.15, 0.2) is 72.8 Å². The fraction of sp³-hybridized carbons (Fsp3) is 0.143. The van der Waals surface area contributed by atoms with Gasteiger partial charge < -0.3 is 4.74 Å². The maximum absolute atomic E-state index is 14.7. The van der Waals surface area contributed by atoms with Gasteiger partial charge in [0.25, 0.3) is 0 Å². The highest BCUT2D eigenvalue weighted by Crippen LogP contribution is 2.59. The van der Waals surface area contributed by atoms with E-state index in [1.54, 1.807) is 12.1 Å². The van der Waals surface area contributed by atoms with E-state index in [0.29, 0.717) is 12.1 Å². The number of hydrogen-bond donors (Lipinski definition) is 0. The van der Waals surface area contributed by atoms with Crippen LogP contribution in [-0.2, 0) is 11.6 Å². The molecule has 0 fully saturated rings. The van der Waals surface area contributed by atoms with Gasteiger partial charge in [-0.2, -0.15) is 26.3 Å². The Morgan fingerprint density at radius 2 is 1.07 bits per heavy atom. The number of ether oxygens (including phenoxy) is 1. The molecule has 3 aromatic carbocycles. The lowest BCUT2D eigenvalue weighted by Gasteiger charge is -2.41. The molecule has 7 heteroatoms. The molecule has 0 unspecified atom stereocenters. The number of halogens is 6. The van der Waals surface area contributed by atoms with E-state index < -0.39 is 23.3 Å². The van der Waals surface area contributed by atoms with Crippen LogP contribution in [0.2, 0.25) is 0 Å². The second kappa shape index (κ2) is 6.02. The molecule has 3 aromatic rings. The average Bonchev–Trinajstić information content (AvgIpc) is 2.64. The molecule has 0 amide bonds. The van der Waals surface area contributed by atoms with Crippen molar-refractivity contribution in [2.45, 2.75) is 17.8 Å². The fourth-order valence-electron chi connectivity index (χ4n) is 3.68. The van der Waals surface area contributed by atoms with Crippen molar-refractivity contribution in [2.75, 3.05) is 0 Å². The summed E-state index contributed by atoms with van der Waals surface area (Å²) < 4.78 is 88.5. The van der Waals surface area contributed by atoms with E-state index in [1.807, 2.05) is 0 Å². The fourth-order valence-corrected chi connectivity index (χ4v) is 3.68. The van der Waals surface area contributed by atoms with Crippen molar-refractivity contribution in [1.82, 2.24) is 0 Å². The smallest absolute Gasteiger partial charge is 0.416 e. The zero-order valence-electron chi connectivity index (χ0n) is 14.1. The largest absolute Gasteiger partial charge is 0.457 e. The third-order valence-electron chi connectivity index (χ3n) is 4.87. The summed E-state index contributed by atoms with van der Waals surface area (Å²) in [7, 11) is 0. The van der Waals surface area contributed by atoms with Gasteiger partial charge >= 0.3 is 12.4 Å². The second-order valence-corrected chi connectivity index (χ2v) is 6.42. The maximum Gasteiger partial charge on any atom is 0.416 e. The summed E-state index contributed by atoms with van der Waals surface area (Å²) in [5.74, 6) is 0.0249. The Kier molecular flexibility index (Phi) is 3.96. The first-order valence-corrected chi connectivity index (χ1v) is 8.27. The predicted octanol–water partition coefficient (Wildman–Crippen LogP) is 6.71. The van der Waals surface area contributed by atoms with Crippen LogP contribution in [0.4, 0.5) is 26.3 Å². The lowest BCUT2D eigenvalue weighted by atomic mass is 9.67. The summed E-state index contributed by atoms with van der Waals surface area (Å²) in [5.41, 5.74) is -4.30. The van der Waals surface area contributed by atoms with E-state index in [2.05, 4.69) is 0 Å². The molecule has 1 nitrogen and oxygen atoms in total. The zero-order chi connectivity index (χ0) is 20.2. The minimum Gasteiger partial charge on any atom is -0.457 e. The topological polar surface area (TPSA) is 9.23 Å². The number of hydrogen-bond acceptors (Lipinski definition) is 1. The maximum atomic E-state index is 14.7. The van der Waals surface area contributed by atoms with Crippen LogP contribution in [0.3, 0.4) is 0 Å². The number of rotatable bonds is 1. The van der Waals surface area contributed by atoms with E-state index in [9.17, 15) is 26.3 Å². The highest BCUT2D eigenvalue weighted by Gasteiger charge is 2.62. The van der Waals surface area contributed by atoms with Crippen LogP contribution in [0.25, 0.3) is 0 Å². The molecule has 0 saturated heterocycles. The molecule has 0 saturated carbocycles. The summed E-state index contributed by atoms with van der Waals surface area (Å²) in [4.78, 5) is 0. The molecule has 144 valence electrons. The zero-order valence-corrected chi connectivity index (χ0v) is 14.1. The van der Waals surface area contributed by atoms with Crippen molar-refractivity contribution in [3.05, 3.63) is 95.1 Å². The van der Waals surface area contributed by atoms with Gasteiger partial charge in [0.2, 0.25) is 0 Å². The van der Waals surface area contributed by atoms with Crippen molar-refractivity contribution in [3.63, 3.8) is 0 Å². The summed E-state index contributed by atoms with van der Waals surface area (Å²) in [5, 5.41) is 0. The Hall–Kier alpha value is -2.96. The van der Waals surface area contributed by atoms with Crippen LogP contribution in [-0.4, -0.2) is 6.18 Å². The van der Waals surface area contributed by atoms with Crippen molar-refractivity contribution in [2.24, 2.45) is 0 Å². The third kappa shape index (κ3) is 2.57. The van der Waals surface area contributed by atoms with Crippen LogP contribution in [0, 0.1) is 0 Å². The first-order chi connectivity index (χ1) is 13.2. The Balaban J connectivity index is 2.07. The van der Waals surface area contributed by atoms with Gasteiger partial charge in [0.15, 0.2) is 0 Å². The van der Waals surface area contributed by atoms with Gasteiger partial charge in [0.1, 0.15) is 16.9 Å². The number of benzene rings is 3. The molecule has 0 radical (unpaired) electrons. The molecule has 0 atom stereocenters. The minimum atomic E-state index is -4.83. The second-order valence-electron chi connectivity index (χ2n) is 6.42. The van der Waals surface area contributed by atoms with Gasteiger partial charge in [-0.1, -0.05) is 48.5 Å². The van der Waals surface area contributed by atoms with Crippen molar-refractivity contribution >= 4 is 0 Å². The van der Waals surface area contributed by atoms with E-state index >= 15 is 0 Å². The molecule has 1 aliphatic heterocycles. The van der Waals surface area contributed by atoms with E-state index in [-0.39, 0.29) is 28.2 Å². The quantitative estimate of drug-likeness (QED) is 0.417. The minimum absolute atomic E-state index is 0.0124. The molecule has 0 bridgehead atoms. The van der Waals surface area contributed by atoms with Crippen LogP contribution >= 0.6 is 0 Å². The highest BCUT2D eigenvalue weighted by molar-refractivity contribution is 5.64. The molecule has 4 rings (SSSR count). The third-order valence-corrected chi connectivity index (χ3v) is 4.87. The van der Waals surface area contributed by atoms with Crippen molar-refractivity contribution in [1.29, 1.82) is 0 Å². The van der Waals surface area contributed by atoms with Crippen LogP contribution < -0.4 is 4.74 Å². The Morgan fingerprint density at radius 3 is 1.50 bits per heavy atom. The van der Waals surface area contributed by atoms with Gasteiger partial charge in [0.05, 0.1) is 5.56 Å². The monoisotopic (exact) mass is 394 g/mol. The number of alkyl halides is 6. The molecule has 1 aliphatic rings. The summed E-state index contributed by atoms with van der Waals surface area (Å²) in [6.45, 7) is 0. The summed E-state index contributed by atoms with van der Waals surface area (Å²) >= 11 is 0. The molecule has 0 spiro atoms. The normalized spacial score (nSPS) is 15.4. The van der Waals surface area contributed by atoms with E-state index in [0.717, 1.165) is 12.1 Å². The highest BCUT2D eigenvalue weighted by atomic mass is 19.4. The van der Waals surface area contributed by atoms with Crippen LogP contribution in [0.1, 0.15) is 22.3 Å². The summed E-state index contributed by atoms with van der Waals surface area (Å²) in [6.07, 6.45) is -9.47. The standard InChI is InChI=1S/C21H12F6O/c22-20(23,24)14-11-9-13(10-12-14)19(21(25,26)27)15-5-1-3-7-17(15)28-18-8-4-2-6-16(18)19/h1-12H. The molecule has 0 aliphatic carbocycles.